The van der Waals surface area contributed by atoms with Crippen LogP contribution in [0.1, 0.15) is 58.7 Å². The van der Waals surface area contributed by atoms with Crippen molar-refractivity contribution in [2.75, 3.05) is 6.61 Å². The van der Waals surface area contributed by atoms with Crippen LogP contribution in [0.2, 0.25) is 5.02 Å². The van der Waals surface area contributed by atoms with Gasteiger partial charge in [-0.05, 0) is 27.2 Å². The van der Waals surface area contributed by atoms with Crippen LogP contribution < -0.4 is 0 Å². The average molecular weight is 287 g/mol. The fraction of sp³-hybridized carbons (Fsp3) is 0.786. The molecule has 0 aromatic carbocycles. The van der Waals surface area contributed by atoms with Gasteiger partial charge in [0.25, 0.3) is 0 Å². The van der Waals surface area contributed by atoms with Gasteiger partial charge in [0.05, 0.1) is 29.1 Å². The highest BCUT2D eigenvalue weighted by molar-refractivity contribution is 6.31. The van der Waals surface area contributed by atoms with Crippen LogP contribution >= 0.6 is 11.6 Å². The van der Waals surface area contributed by atoms with Crippen LogP contribution in [0, 0.1) is 0 Å². The predicted molar refractivity (Wildman–Crippen MR) is 75.4 cm³/mol. The Morgan fingerprint density at radius 2 is 2.26 bits per heavy atom. The maximum Gasteiger partial charge on any atom is 0.113 e. The number of nitrogens with zero attached hydrogens (tertiary/aromatic N) is 2. The van der Waals surface area contributed by atoms with Gasteiger partial charge in [-0.2, -0.15) is 5.10 Å². The number of aliphatic hydroxyl groups is 1. The lowest BCUT2D eigenvalue weighted by molar-refractivity contribution is -0.160. The molecule has 1 fully saturated rings. The summed E-state index contributed by atoms with van der Waals surface area (Å²) in [4.78, 5) is 0. The number of aromatic nitrogens is 2. The molecule has 1 aromatic rings. The van der Waals surface area contributed by atoms with Crippen LogP contribution in [-0.2, 0) is 10.3 Å². The third kappa shape index (κ3) is 2.67. The quantitative estimate of drug-likeness (QED) is 0.927. The lowest BCUT2D eigenvalue weighted by atomic mass is 9.79. The Balaban J connectivity index is 2.42. The Bertz CT molecular complexity index is 460. The van der Waals surface area contributed by atoms with Gasteiger partial charge in [-0.25, -0.2) is 0 Å². The van der Waals surface area contributed by atoms with E-state index >= 15 is 0 Å². The molecule has 0 bridgehead atoms. The van der Waals surface area contributed by atoms with Crippen molar-refractivity contribution in [3.8, 4) is 0 Å². The molecule has 0 spiro atoms. The zero-order chi connectivity index (χ0) is 14.3. The van der Waals surface area contributed by atoms with Gasteiger partial charge in [-0.1, -0.05) is 18.5 Å². The molecule has 1 aliphatic rings. The molecule has 108 valence electrons. The van der Waals surface area contributed by atoms with Crippen molar-refractivity contribution >= 4 is 11.6 Å². The second kappa shape index (κ2) is 5.08. The van der Waals surface area contributed by atoms with Crippen LogP contribution in [0.25, 0.3) is 0 Å². The zero-order valence-electron chi connectivity index (χ0n) is 12.1. The Hall–Kier alpha value is -0.580. The molecule has 1 aliphatic heterocycles. The van der Waals surface area contributed by atoms with Gasteiger partial charge in [0.1, 0.15) is 5.60 Å². The van der Waals surface area contributed by atoms with Crippen molar-refractivity contribution in [2.24, 2.45) is 0 Å². The highest BCUT2D eigenvalue weighted by atomic mass is 35.5. The molecule has 0 saturated carbocycles. The van der Waals surface area contributed by atoms with Gasteiger partial charge in [-0.15, -0.1) is 0 Å². The van der Waals surface area contributed by atoms with Crippen molar-refractivity contribution in [3.63, 3.8) is 0 Å². The van der Waals surface area contributed by atoms with Crippen molar-refractivity contribution in [2.45, 2.75) is 64.2 Å². The number of hydrogen-bond acceptors (Lipinski definition) is 3. The molecule has 19 heavy (non-hydrogen) atoms. The van der Waals surface area contributed by atoms with E-state index in [1.54, 1.807) is 6.20 Å². The first-order valence-electron chi connectivity index (χ1n) is 6.91. The van der Waals surface area contributed by atoms with E-state index in [0.717, 1.165) is 12.1 Å². The Labute approximate surface area is 119 Å². The summed E-state index contributed by atoms with van der Waals surface area (Å²) in [6.45, 7) is 8.73. The monoisotopic (exact) mass is 286 g/mol. The van der Waals surface area contributed by atoms with Crippen molar-refractivity contribution in [3.05, 3.63) is 16.9 Å². The Morgan fingerprint density at radius 1 is 1.58 bits per heavy atom. The highest BCUT2D eigenvalue weighted by Gasteiger charge is 2.45. The van der Waals surface area contributed by atoms with E-state index in [9.17, 15) is 5.11 Å². The van der Waals surface area contributed by atoms with E-state index in [4.69, 9.17) is 16.3 Å². The van der Waals surface area contributed by atoms with E-state index in [-0.39, 0.29) is 11.6 Å². The molecule has 5 heteroatoms. The first-order chi connectivity index (χ1) is 8.81. The number of hydrogen-bond donors (Lipinski definition) is 1. The molecule has 0 amide bonds. The third-order valence-electron chi connectivity index (χ3n) is 4.06. The number of ether oxygens (including phenoxy) is 1. The first-order valence-corrected chi connectivity index (χ1v) is 7.29. The van der Waals surface area contributed by atoms with E-state index in [0.29, 0.717) is 24.5 Å². The summed E-state index contributed by atoms with van der Waals surface area (Å²) in [7, 11) is 0. The standard InChI is InChI=1S/C14H23ClN2O2/c1-5-13(4)9-14(18,6-7-19-13)12-11(15)8-16-17(12)10(2)3/h8,10,18H,5-7,9H2,1-4H3. The molecule has 0 radical (unpaired) electrons. The minimum Gasteiger partial charge on any atom is -0.383 e. The second-order valence-corrected chi connectivity index (χ2v) is 6.40. The normalized spacial score (nSPS) is 31.9. The SMILES string of the molecule is CCC1(C)CC(O)(c2c(Cl)cnn2C(C)C)CCO1. The summed E-state index contributed by atoms with van der Waals surface area (Å²) in [5, 5.41) is 15.9. The van der Waals surface area contributed by atoms with Gasteiger partial charge in [-0.3, -0.25) is 4.68 Å². The summed E-state index contributed by atoms with van der Waals surface area (Å²) in [6.07, 6.45) is 3.59. The van der Waals surface area contributed by atoms with Crippen molar-refractivity contribution in [1.29, 1.82) is 0 Å². The fourth-order valence-corrected chi connectivity index (χ4v) is 3.13. The molecule has 2 heterocycles. The van der Waals surface area contributed by atoms with E-state index in [2.05, 4.69) is 12.0 Å². The summed E-state index contributed by atoms with van der Waals surface area (Å²) in [5.41, 5.74) is -0.532. The third-order valence-corrected chi connectivity index (χ3v) is 4.34. The maximum atomic E-state index is 11.1. The van der Waals surface area contributed by atoms with E-state index in [1.807, 2.05) is 25.5 Å². The van der Waals surface area contributed by atoms with E-state index in [1.165, 1.54) is 0 Å². The van der Waals surface area contributed by atoms with Gasteiger partial charge in [0.15, 0.2) is 0 Å². The van der Waals surface area contributed by atoms with Gasteiger partial charge >= 0.3 is 0 Å². The molecule has 2 rings (SSSR count). The smallest absolute Gasteiger partial charge is 0.113 e. The minimum absolute atomic E-state index is 0.169. The summed E-state index contributed by atoms with van der Waals surface area (Å²) >= 11 is 6.26. The Kier molecular flexibility index (Phi) is 3.96. The lowest BCUT2D eigenvalue weighted by Crippen LogP contribution is -2.46. The molecule has 1 aromatic heterocycles. The van der Waals surface area contributed by atoms with Crippen LogP contribution in [-0.4, -0.2) is 27.1 Å². The maximum absolute atomic E-state index is 11.1. The van der Waals surface area contributed by atoms with Crippen molar-refractivity contribution in [1.82, 2.24) is 9.78 Å². The number of halogens is 1. The van der Waals surface area contributed by atoms with Crippen LogP contribution in [0.3, 0.4) is 0 Å². The molecular weight excluding hydrogens is 264 g/mol. The largest absolute Gasteiger partial charge is 0.383 e. The van der Waals surface area contributed by atoms with Gasteiger partial charge in [0, 0.05) is 18.9 Å². The van der Waals surface area contributed by atoms with Crippen LogP contribution in [0.4, 0.5) is 0 Å². The van der Waals surface area contributed by atoms with Crippen molar-refractivity contribution < 1.29 is 9.84 Å². The molecule has 2 atom stereocenters. The lowest BCUT2D eigenvalue weighted by Gasteiger charge is -2.43. The fourth-order valence-electron chi connectivity index (χ4n) is 2.82. The second-order valence-electron chi connectivity index (χ2n) is 5.99. The van der Waals surface area contributed by atoms with Crippen LogP contribution in [0.15, 0.2) is 6.20 Å². The molecule has 4 nitrogen and oxygen atoms in total. The summed E-state index contributed by atoms with van der Waals surface area (Å²) < 4.78 is 7.64. The first kappa shape index (κ1) is 14.8. The highest BCUT2D eigenvalue weighted by Crippen LogP contribution is 2.43. The Morgan fingerprint density at radius 3 is 2.84 bits per heavy atom. The molecule has 0 aliphatic carbocycles. The number of rotatable bonds is 3. The molecular formula is C14H23ClN2O2. The molecule has 1 N–H and O–H groups in total. The van der Waals surface area contributed by atoms with Gasteiger partial charge in [0.2, 0.25) is 0 Å². The van der Waals surface area contributed by atoms with E-state index < -0.39 is 5.60 Å². The average Bonchev–Trinajstić information content (AvgIpc) is 2.72. The summed E-state index contributed by atoms with van der Waals surface area (Å²) in [6, 6.07) is 0.169. The molecule has 2 unspecified atom stereocenters. The zero-order valence-corrected chi connectivity index (χ0v) is 12.9. The topological polar surface area (TPSA) is 47.3 Å². The van der Waals surface area contributed by atoms with Crippen LogP contribution in [0.5, 0.6) is 0 Å². The predicted octanol–water partition coefficient (Wildman–Crippen LogP) is 3.28. The summed E-state index contributed by atoms with van der Waals surface area (Å²) in [5.74, 6) is 0. The van der Waals surface area contributed by atoms with Gasteiger partial charge < -0.3 is 9.84 Å². The minimum atomic E-state index is -0.957. The molecule has 1 saturated heterocycles.